The lowest BCUT2D eigenvalue weighted by Crippen LogP contribution is -2.29. The zero-order valence-electron chi connectivity index (χ0n) is 15.1. The highest BCUT2D eigenvalue weighted by atomic mass is 35.5. The van der Waals surface area contributed by atoms with Crippen molar-refractivity contribution in [2.45, 2.75) is 38.3 Å². The van der Waals surface area contributed by atoms with Crippen LogP contribution < -0.4 is 16.4 Å². The Bertz CT molecular complexity index is 844. The number of hydrogen-bond donors (Lipinski definition) is 3. The number of anilines is 2. The molecule has 150 valence electrons. The normalized spacial score (nSPS) is 19.2. The molecule has 9 nitrogen and oxygen atoms in total. The Labute approximate surface area is 172 Å². The van der Waals surface area contributed by atoms with Crippen molar-refractivity contribution in [3.8, 4) is 0 Å². The van der Waals surface area contributed by atoms with Crippen molar-refractivity contribution >= 4 is 40.7 Å². The zero-order valence-corrected chi connectivity index (χ0v) is 16.6. The van der Waals surface area contributed by atoms with Crippen LogP contribution in [0.2, 0.25) is 10.0 Å². The van der Waals surface area contributed by atoms with Gasteiger partial charge in [-0.3, -0.25) is 15.1 Å². The first-order chi connectivity index (χ1) is 13.4. The van der Waals surface area contributed by atoms with Gasteiger partial charge in [-0.2, -0.15) is 4.98 Å². The molecule has 1 saturated carbocycles. The minimum atomic E-state index is -0.499. The van der Waals surface area contributed by atoms with E-state index < -0.39 is 4.92 Å². The SMILES string of the molecule is N[C@H]1CC[C@H](CNc2nc(NCc3cncc(Cl)c3Cl)ncc2[N+](=O)[O-])CC1. The van der Waals surface area contributed by atoms with Crippen molar-refractivity contribution in [1.29, 1.82) is 0 Å². The second-order valence-corrected chi connectivity index (χ2v) is 7.58. The fraction of sp³-hybridized carbons (Fsp3) is 0.471. The highest BCUT2D eigenvalue weighted by Gasteiger charge is 2.22. The summed E-state index contributed by atoms with van der Waals surface area (Å²) in [5.41, 5.74) is 6.43. The molecule has 0 bridgehead atoms. The van der Waals surface area contributed by atoms with Gasteiger partial charge in [-0.15, -0.1) is 0 Å². The van der Waals surface area contributed by atoms with Crippen LogP contribution in [-0.2, 0) is 6.54 Å². The van der Waals surface area contributed by atoms with E-state index in [-0.39, 0.29) is 30.0 Å². The Kier molecular flexibility index (Phi) is 6.82. The van der Waals surface area contributed by atoms with Gasteiger partial charge >= 0.3 is 5.69 Å². The van der Waals surface area contributed by atoms with Gasteiger partial charge in [0.2, 0.25) is 11.8 Å². The molecule has 0 radical (unpaired) electrons. The number of halogens is 2. The number of nitro groups is 1. The van der Waals surface area contributed by atoms with E-state index in [2.05, 4.69) is 25.6 Å². The van der Waals surface area contributed by atoms with E-state index in [0.29, 0.717) is 28.1 Å². The van der Waals surface area contributed by atoms with Crippen molar-refractivity contribution in [3.05, 3.63) is 44.3 Å². The number of nitrogens with one attached hydrogen (secondary N) is 2. The second kappa shape index (κ2) is 9.31. The average molecular weight is 426 g/mol. The van der Waals surface area contributed by atoms with Gasteiger partial charge in [0.1, 0.15) is 6.20 Å². The molecule has 1 fully saturated rings. The average Bonchev–Trinajstić information content (AvgIpc) is 2.68. The number of nitrogens with zero attached hydrogens (tertiary/aromatic N) is 4. The molecule has 0 spiro atoms. The molecule has 11 heteroatoms. The molecule has 0 aliphatic heterocycles. The number of aromatic nitrogens is 3. The first kappa shape index (κ1) is 20.5. The van der Waals surface area contributed by atoms with E-state index in [1.54, 1.807) is 6.20 Å². The predicted molar refractivity (Wildman–Crippen MR) is 109 cm³/mol. The molecule has 0 unspecified atom stereocenters. The first-order valence-electron chi connectivity index (χ1n) is 8.96. The molecule has 4 N–H and O–H groups in total. The summed E-state index contributed by atoms with van der Waals surface area (Å²) in [6.45, 7) is 0.887. The molecular formula is C17H21Cl2N7O2. The van der Waals surface area contributed by atoms with Gasteiger partial charge in [0, 0.05) is 37.1 Å². The molecule has 0 aromatic carbocycles. The fourth-order valence-corrected chi connectivity index (χ4v) is 3.46. The lowest BCUT2D eigenvalue weighted by Gasteiger charge is -2.26. The van der Waals surface area contributed by atoms with Gasteiger partial charge in [0.15, 0.2) is 0 Å². The maximum absolute atomic E-state index is 11.3. The highest BCUT2D eigenvalue weighted by molar-refractivity contribution is 6.42. The summed E-state index contributed by atoms with van der Waals surface area (Å²) in [5, 5.41) is 18.1. The topological polar surface area (TPSA) is 132 Å². The van der Waals surface area contributed by atoms with Crippen LogP contribution in [0.1, 0.15) is 31.2 Å². The van der Waals surface area contributed by atoms with Gasteiger partial charge in [0.25, 0.3) is 0 Å². The number of rotatable bonds is 7. The summed E-state index contributed by atoms with van der Waals surface area (Å²) in [6, 6.07) is 0.258. The Hall–Kier alpha value is -2.23. The van der Waals surface area contributed by atoms with Crippen LogP contribution in [0.15, 0.2) is 18.6 Å². The monoisotopic (exact) mass is 425 g/mol. The lowest BCUT2D eigenvalue weighted by molar-refractivity contribution is -0.384. The molecule has 0 atom stereocenters. The van der Waals surface area contributed by atoms with Crippen LogP contribution >= 0.6 is 23.2 Å². The van der Waals surface area contributed by atoms with Gasteiger partial charge in [-0.05, 0) is 31.6 Å². The van der Waals surface area contributed by atoms with Crippen LogP contribution in [0.25, 0.3) is 0 Å². The second-order valence-electron chi connectivity index (χ2n) is 6.79. The summed E-state index contributed by atoms with van der Waals surface area (Å²) in [5.74, 6) is 0.851. The van der Waals surface area contributed by atoms with Gasteiger partial charge in [-0.25, -0.2) is 4.98 Å². The smallest absolute Gasteiger partial charge is 0.329 e. The maximum atomic E-state index is 11.3. The van der Waals surface area contributed by atoms with Gasteiger partial charge in [-0.1, -0.05) is 23.2 Å². The first-order valence-corrected chi connectivity index (χ1v) is 9.72. The van der Waals surface area contributed by atoms with Crippen LogP contribution in [0.5, 0.6) is 0 Å². The molecule has 3 rings (SSSR count). The van der Waals surface area contributed by atoms with Crippen molar-refractivity contribution < 1.29 is 4.92 Å². The molecule has 2 aromatic heterocycles. The Balaban J connectivity index is 1.68. The van der Waals surface area contributed by atoms with Crippen LogP contribution in [0.3, 0.4) is 0 Å². The lowest BCUT2D eigenvalue weighted by atomic mass is 9.86. The quantitative estimate of drug-likeness (QED) is 0.452. The minimum Gasteiger partial charge on any atom is -0.364 e. The van der Waals surface area contributed by atoms with E-state index in [0.717, 1.165) is 25.7 Å². The van der Waals surface area contributed by atoms with E-state index in [4.69, 9.17) is 28.9 Å². The van der Waals surface area contributed by atoms with E-state index in [1.165, 1.54) is 12.4 Å². The largest absolute Gasteiger partial charge is 0.364 e. The third-order valence-corrected chi connectivity index (χ3v) is 5.59. The van der Waals surface area contributed by atoms with Crippen LogP contribution in [-0.4, -0.2) is 32.5 Å². The Morgan fingerprint density at radius 3 is 2.64 bits per heavy atom. The number of nitrogens with two attached hydrogens (primary N) is 1. The summed E-state index contributed by atoms with van der Waals surface area (Å²) < 4.78 is 0. The molecular weight excluding hydrogens is 405 g/mol. The molecule has 1 aliphatic carbocycles. The molecule has 0 amide bonds. The van der Waals surface area contributed by atoms with Crippen LogP contribution in [0.4, 0.5) is 17.5 Å². The molecule has 0 saturated heterocycles. The van der Waals surface area contributed by atoms with Gasteiger partial charge < -0.3 is 16.4 Å². The molecule has 2 heterocycles. The standard InChI is InChI=1S/C17H21Cl2N7O2/c18-13-8-21-6-11(15(13)19)7-23-17-24-9-14(26(27)28)16(25-17)22-5-10-1-3-12(20)4-2-10/h6,8-10,12H,1-5,7,20H2,(H2,22,23,24,25)/t10-,12-. The van der Waals surface area contributed by atoms with E-state index in [1.807, 2.05) is 0 Å². The highest BCUT2D eigenvalue weighted by Crippen LogP contribution is 2.27. The number of pyridine rings is 1. The Morgan fingerprint density at radius 2 is 1.93 bits per heavy atom. The fourth-order valence-electron chi connectivity index (χ4n) is 3.11. The molecule has 28 heavy (non-hydrogen) atoms. The number of hydrogen-bond acceptors (Lipinski definition) is 8. The van der Waals surface area contributed by atoms with Crippen molar-refractivity contribution in [2.24, 2.45) is 11.7 Å². The van der Waals surface area contributed by atoms with E-state index in [9.17, 15) is 10.1 Å². The molecule has 1 aliphatic rings. The minimum absolute atomic E-state index is 0.166. The maximum Gasteiger partial charge on any atom is 0.329 e. The molecule has 2 aromatic rings. The van der Waals surface area contributed by atoms with E-state index >= 15 is 0 Å². The summed E-state index contributed by atoms with van der Waals surface area (Å²) in [7, 11) is 0. The summed E-state index contributed by atoms with van der Waals surface area (Å²) in [6.07, 6.45) is 8.16. The Morgan fingerprint density at radius 1 is 1.18 bits per heavy atom. The van der Waals surface area contributed by atoms with Crippen molar-refractivity contribution in [3.63, 3.8) is 0 Å². The third-order valence-electron chi connectivity index (χ3n) is 4.76. The van der Waals surface area contributed by atoms with Crippen molar-refractivity contribution in [1.82, 2.24) is 15.0 Å². The predicted octanol–water partition coefficient (Wildman–Crippen LogP) is 3.63. The zero-order chi connectivity index (χ0) is 20.1. The third kappa shape index (κ3) is 5.18. The van der Waals surface area contributed by atoms with Crippen LogP contribution in [0, 0.1) is 16.0 Å². The van der Waals surface area contributed by atoms with Gasteiger partial charge in [0.05, 0.1) is 15.0 Å². The van der Waals surface area contributed by atoms with Crippen molar-refractivity contribution in [2.75, 3.05) is 17.2 Å². The summed E-state index contributed by atoms with van der Waals surface area (Å²) in [4.78, 5) is 23.1. The summed E-state index contributed by atoms with van der Waals surface area (Å²) >= 11 is 12.1.